The van der Waals surface area contributed by atoms with Crippen molar-refractivity contribution in [1.82, 2.24) is 0 Å². The average Bonchev–Trinajstić information content (AvgIpc) is 2.38. The Bertz CT molecular complexity index is 807. The quantitative estimate of drug-likeness (QED) is 0.639. The second kappa shape index (κ2) is 5.69. The molecule has 3 N–H and O–H groups in total. The molecule has 9 heteroatoms. The topological polar surface area (TPSA) is 106 Å². The summed E-state index contributed by atoms with van der Waals surface area (Å²) in [4.78, 5) is 15.5. The number of carbonyl (C=O) groups excluding carboxylic acids is 1. The van der Waals surface area contributed by atoms with Crippen LogP contribution in [0.4, 0.5) is 9.18 Å². The van der Waals surface area contributed by atoms with E-state index in [9.17, 15) is 13.4 Å². The first-order valence-corrected chi connectivity index (χ1v) is 9.49. The van der Waals surface area contributed by atoms with E-state index in [1.54, 1.807) is 19.1 Å². The summed E-state index contributed by atoms with van der Waals surface area (Å²) >= 11 is 2.03. The Kier molecular flexibility index (Phi) is 4.48. The zero-order valence-electron chi connectivity index (χ0n) is 12.9. The Labute approximate surface area is 147 Å². The van der Waals surface area contributed by atoms with Crippen LogP contribution in [0, 0.1) is 14.2 Å². The zero-order chi connectivity index (χ0) is 17.6. The lowest BCUT2D eigenvalue weighted by molar-refractivity contribution is 0.204. The fraction of sp³-hybridized carbons (Fsp3) is 0.429. The molecule has 0 radical (unpaired) electrons. The molecule has 0 spiro atoms. The predicted octanol–water partition coefficient (Wildman–Crippen LogP) is 2.98. The van der Waals surface area contributed by atoms with E-state index in [1.807, 2.05) is 22.6 Å². The number of hydrogen-bond acceptors (Lipinski definition) is 5. The van der Waals surface area contributed by atoms with Crippen molar-refractivity contribution in [3.05, 3.63) is 33.1 Å². The van der Waals surface area contributed by atoms with E-state index < -0.39 is 31.9 Å². The molecule has 0 saturated carbocycles. The molecule has 0 aliphatic carbocycles. The minimum absolute atomic E-state index is 0.185. The van der Waals surface area contributed by atoms with Crippen molar-refractivity contribution in [3.8, 4) is 0 Å². The van der Waals surface area contributed by atoms with Gasteiger partial charge in [0, 0.05) is 9.13 Å². The van der Waals surface area contributed by atoms with Crippen molar-refractivity contribution in [2.45, 2.75) is 31.1 Å². The maximum absolute atomic E-state index is 14.3. The molecular formula is C14H17FIN3O3S. The molecule has 0 unspecified atom stereocenters. The smallest absolute Gasteiger partial charge is 0.394 e. The van der Waals surface area contributed by atoms with Crippen LogP contribution >= 0.6 is 22.6 Å². The highest BCUT2D eigenvalue weighted by Gasteiger charge is 2.49. The normalized spacial score (nSPS) is 29.7. The van der Waals surface area contributed by atoms with Crippen LogP contribution in [0.15, 0.2) is 23.2 Å². The number of ether oxygens (including phenoxy) is 1. The minimum Gasteiger partial charge on any atom is -0.394 e. The minimum atomic E-state index is -3.27. The van der Waals surface area contributed by atoms with Gasteiger partial charge in [0.15, 0.2) is 0 Å². The van der Waals surface area contributed by atoms with Crippen LogP contribution in [0.1, 0.15) is 26.3 Å². The summed E-state index contributed by atoms with van der Waals surface area (Å²) in [5.74, 6) is -0.919. The van der Waals surface area contributed by atoms with Crippen LogP contribution in [-0.4, -0.2) is 26.7 Å². The van der Waals surface area contributed by atoms with Crippen LogP contribution in [0.25, 0.3) is 0 Å². The summed E-state index contributed by atoms with van der Waals surface area (Å²) < 4.78 is 39.7. The molecule has 0 aromatic heterocycles. The fourth-order valence-corrected chi connectivity index (χ4v) is 4.63. The summed E-state index contributed by atoms with van der Waals surface area (Å²) in [6.45, 7) is 4.55. The molecule has 0 saturated heterocycles. The van der Waals surface area contributed by atoms with Crippen LogP contribution in [-0.2, 0) is 20.0 Å². The number of hydrogen-bond donors (Lipinski definition) is 2. The van der Waals surface area contributed by atoms with Gasteiger partial charge in [-0.05, 0) is 61.6 Å². The van der Waals surface area contributed by atoms with Crippen LogP contribution < -0.4 is 5.73 Å². The van der Waals surface area contributed by atoms with Gasteiger partial charge < -0.3 is 10.5 Å². The Morgan fingerprint density at radius 2 is 2.09 bits per heavy atom. The molecule has 1 aliphatic heterocycles. The molecule has 126 valence electrons. The molecule has 0 bridgehead atoms. The molecule has 1 aromatic rings. The van der Waals surface area contributed by atoms with Gasteiger partial charge in [0.2, 0.25) is 5.90 Å². The van der Waals surface area contributed by atoms with Crippen LogP contribution in [0.3, 0.4) is 0 Å². The fourth-order valence-electron chi connectivity index (χ4n) is 2.40. The summed E-state index contributed by atoms with van der Waals surface area (Å²) in [5, 5.41) is 0. The molecule has 1 heterocycles. The van der Waals surface area contributed by atoms with Gasteiger partial charge in [0.25, 0.3) is 0 Å². The van der Waals surface area contributed by atoms with Gasteiger partial charge >= 0.3 is 6.09 Å². The maximum atomic E-state index is 14.3. The predicted molar refractivity (Wildman–Crippen MR) is 94.4 cm³/mol. The van der Waals surface area contributed by atoms with Gasteiger partial charge in [0.1, 0.15) is 16.1 Å². The second-order valence-electron chi connectivity index (χ2n) is 6.07. The highest BCUT2D eigenvalue weighted by molar-refractivity contribution is 14.1. The van der Waals surface area contributed by atoms with Crippen molar-refractivity contribution in [2.24, 2.45) is 10.7 Å². The Hall–Kier alpha value is -1.23. The van der Waals surface area contributed by atoms with Gasteiger partial charge in [-0.25, -0.2) is 18.4 Å². The summed E-state index contributed by atoms with van der Waals surface area (Å²) in [5.41, 5.74) is 3.96. The molecule has 1 aliphatic rings. The van der Waals surface area contributed by atoms with Gasteiger partial charge in [-0.15, -0.1) is 0 Å². The first-order valence-electron chi connectivity index (χ1n) is 6.68. The van der Waals surface area contributed by atoms with Crippen molar-refractivity contribution in [1.29, 1.82) is 4.78 Å². The first kappa shape index (κ1) is 18.1. The number of benzene rings is 1. The standard InChI is InChI=1S/C14H17FIN3O3S/c1-13(2)11(22-12(17)20)19-14(3,7-23(13,18)21)9-6-8(16)4-5-10(9)15/h4-6,18H,7H2,1-3H3,(H2,17,20)/t14-,23-/m0/s1. The van der Waals surface area contributed by atoms with Crippen molar-refractivity contribution >= 4 is 44.3 Å². The maximum Gasteiger partial charge on any atom is 0.411 e. The molecule has 1 amide bonds. The number of rotatable bonds is 1. The van der Waals surface area contributed by atoms with E-state index in [2.05, 4.69) is 4.99 Å². The monoisotopic (exact) mass is 453 g/mol. The summed E-state index contributed by atoms with van der Waals surface area (Å²) in [7, 11) is -3.27. The van der Waals surface area contributed by atoms with Gasteiger partial charge in [0.05, 0.1) is 15.5 Å². The number of nitrogens with two attached hydrogens (primary N) is 1. The molecular weight excluding hydrogens is 436 g/mol. The Balaban J connectivity index is 2.71. The van der Waals surface area contributed by atoms with E-state index in [0.29, 0.717) is 0 Å². The van der Waals surface area contributed by atoms with Gasteiger partial charge in [-0.3, -0.25) is 4.78 Å². The van der Waals surface area contributed by atoms with Crippen LogP contribution in [0.2, 0.25) is 0 Å². The lowest BCUT2D eigenvalue weighted by Gasteiger charge is -2.39. The molecule has 0 fully saturated rings. The number of halogens is 2. The largest absolute Gasteiger partial charge is 0.411 e. The summed E-state index contributed by atoms with van der Waals surface area (Å²) in [6.07, 6.45) is -1.11. The van der Waals surface area contributed by atoms with Gasteiger partial charge in [-0.1, -0.05) is 0 Å². The first-order chi connectivity index (χ1) is 10.4. The number of carbonyl (C=O) groups is 1. The van der Waals surface area contributed by atoms with Crippen LogP contribution in [0.5, 0.6) is 0 Å². The highest BCUT2D eigenvalue weighted by atomic mass is 127. The second-order valence-corrected chi connectivity index (χ2v) is 9.97. The van der Waals surface area contributed by atoms with E-state index >= 15 is 0 Å². The zero-order valence-corrected chi connectivity index (χ0v) is 15.8. The third-order valence-electron chi connectivity index (χ3n) is 3.88. The lowest BCUT2D eigenvalue weighted by atomic mass is 9.93. The van der Waals surface area contributed by atoms with E-state index in [1.165, 1.54) is 19.9 Å². The van der Waals surface area contributed by atoms with E-state index in [-0.39, 0.29) is 17.2 Å². The SMILES string of the molecule is CC1(C)C(OC(N)=O)=N[C@](C)(c2cc(I)ccc2F)C[S@]1(=N)=O. The number of nitrogens with zero attached hydrogens (tertiary/aromatic N) is 1. The Morgan fingerprint density at radius 3 is 2.65 bits per heavy atom. The average molecular weight is 453 g/mol. The molecule has 2 atom stereocenters. The number of aliphatic imine (C=N–C) groups is 1. The van der Waals surface area contributed by atoms with Gasteiger partial charge in [-0.2, -0.15) is 0 Å². The number of primary amides is 1. The van der Waals surface area contributed by atoms with E-state index in [4.69, 9.17) is 15.3 Å². The van der Waals surface area contributed by atoms with Crippen molar-refractivity contribution in [3.63, 3.8) is 0 Å². The molecule has 6 nitrogen and oxygen atoms in total. The third kappa shape index (κ3) is 3.21. The van der Waals surface area contributed by atoms with Crippen molar-refractivity contribution < 1.29 is 18.1 Å². The Morgan fingerprint density at radius 1 is 1.48 bits per heavy atom. The molecule has 1 aromatic carbocycles. The number of nitrogens with one attached hydrogen (secondary N) is 1. The highest BCUT2D eigenvalue weighted by Crippen LogP contribution is 2.39. The van der Waals surface area contributed by atoms with E-state index in [0.717, 1.165) is 3.57 Å². The van der Waals surface area contributed by atoms with Crippen molar-refractivity contribution in [2.75, 3.05) is 5.75 Å². The lowest BCUT2D eigenvalue weighted by Crippen LogP contribution is -2.53. The third-order valence-corrected chi connectivity index (χ3v) is 7.34. The molecule has 23 heavy (non-hydrogen) atoms. The summed E-state index contributed by atoms with van der Waals surface area (Å²) in [6, 6.07) is 4.46. The number of amides is 1. The molecule has 2 rings (SSSR count).